The van der Waals surface area contributed by atoms with E-state index in [2.05, 4.69) is 27.7 Å². The molecule has 0 spiro atoms. The van der Waals surface area contributed by atoms with E-state index in [9.17, 15) is 4.79 Å². The molecule has 1 fully saturated rings. The topological polar surface area (TPSA) is 75.2 Å². The molecule has 0 aromatic heterocycles. The van der Waals surface area contributed by atoms with Gasteiger partial charge in [0, 0.05) is 38.5 Å². The van der Waals surface area contributed by atoms with Crippen LogP contribution in [-0.4, -0.2) is 67.5 Å². The second kappa shape index (κ2) is 10.2. The maximum atomic E-state index is 12.0. The molecular formula is C19H25ClN4O3S. The molecule has 2 heterocycles. The molecule has 0 radical (unpaired) electrons. The maximum Gasteiger partial charge on any atom is 0.257 e. The highest BCUT2D eigenvalue weighted by molar-refractivity contribution is 7.80. The van der Waals surface area contributed by atoms with Crippen LogP contribution < -0.4 is 15.5 Å². The number of hydrogen-bond acceptors (Lipinski definition) is 6. The van der Waals surface area contributed by atoms with E-state index in [0.717, 1.165) is 55.5 Å². The molecule has 2 aliphatic rings. The van der Waals surface area contributed by atoms with Crippen LogP contribution in [0.1, 0.15) is 18.9 Å². The lowest BCUT2D eigenvalue weighted by atomic mass is 9.94. The molecule has 28 heavy (non-hydrogen) atoms. The minimum absolute atomic E-state index is 0.0741. The van der Waals surface area contributed by atoms with Gasteiger partial charge in [0.05, 0.1) is 28.9 Å². The van der Waals surface area contributed by atoms with Gasteiger partial charge in [0.1, 0.15) is 5.75 Å². The van der Waals surface area contributed by atoms with Gasteiger partial charge in [-0.15, -0.1) is 0 Å². The number of thiocarbonyl (C=S) groups is 1. The zero-order valence-corrected chi connectivity index (χ0v) is 17.4. The third-order valence-corrected chi connectivity index (χ3v) is 5.25. The van der Waals surface area contributed by atoms with Gasteiger partial charge in [-0.25, -0.2) is 0 Å². The first kappa shape index (κ1) is 21.0. The summed E-state index contributed by atoms with van der Waals surface area (Å²) in [6, 6.07) is 5.46. The van der Waals surface area contributed by atoms with Crippen LogP contribution in [0, 0.1) is 5.92 Å². The van der Waals surface area contributed by atoms with Gasteiger partial charge < -0.3 is 14.8 Å². The molecule has 7 nitrogen and oxygen atoms in total. The lowest BCUT2D eigenvalue weighted by molar-refractivity contribution is -0.123. The molecule has 9 heteroatoms. The van der Waals surface area contributed by atoms with Crippen molar-refractivity contribution in [3.8, 4) is 5.75 Å². The number of nitrogens with zero attached hydrogens (tertiary/aromatic N) is 2. The van der Waals surface area contributed by atoms with Crippen molar-refractivity contribution in [2.45, 2.75) is 13.3 Å². The van der Waals surface area contributed by atoms with E-state index in [1.165, 1.54) is 0 Å². The van der Waals surface area contributed by atoms with E-state index in [-0.39, 0.29) is 18.4 Å². The quantitative estimate of drug-likeness (QED) is 0.650. The number of nitrogens with one attached hydrogen (secondary N) is 2. The first-order valence-corrected chi connectivity index (χ1v) is 10.2. The van der Waals surface area contributed by atoms with E-state index in [1.807, 2.05) is 6.07 Å². The molecule has 3 rings (SSSR count). The fraction of sp³-hybridized carbons (Fsp3) is 0.526. The van der Waals surface area contributed by atoms with Crippen molar-refractivity contribution in [3.05, 3.63) is 28.8 Å². The van der Waals surface area contributed by atoms with Crippen LogP contribution in [0.3, 0.4) is 0 Å². The van der Waals surface area contributed by atoms with Crippen LogP contribution in [0.15, 0.2) is 23.3 Å². The van der Waals surface area contributed by atoms with Crippen LogP contribution in [0.25, 0.3) is 0 Å². The zero-order valence-electron chi connectivity index (χ0n) is 15.9. The molecule has 1 unspecified atom stereocenters. The molecule has 1 amide bonds. The predicted octanol–water partition coefficient (Wildman–Crippen LogP) is 1.83. The Labute approximate surface area is 175 Å². The highest BCUT2D eigenvalue weighted by Crippen LogP contribution is 2.27. The Kier molecular flexibility index (Phi) is 7.61. The highest BCUT2D eigenvalue weighted by Gasteiger charge is 2.20. The number of benzene rings is 1. The Hall–Kier alpha value is -1.74. The van der Waals surface area contributed by atoms with E-state index >= 15 is 0 Å². The number of rotatable bonds is 7. The molecular weight excluding hydrogens is 400 g/mol. The van der Waals surface area contributed by atoms with Crippen molar-refractivity contribution >= 4 is 40.4 Å². The van der Waals surface area contributed by atoms with Crippen LogP contribution in [-0.2, 0) is 9.53 Å². The van der Waals surface area contributed by atoms with Gasteiger partial charge in [0.2, 0.25) is 0 Å². The van der Waals surface area contributed by atoms with Crippen molar-refractivity contribution in [1.29, 1.82) is 0 Å². The number of ether oxygens (including phenoxy) is 2. The summed E-state index contributed by atoms with van der Waals surface area (Å²) >= 11 is 11.5. The van der Waals surface area contributed by atoms with Crippen LogP contribution in [0.2, 0.25) is 5.02 Å². The van der Waals surface area contributed by atoms with E-state index < -0.39 is 0 Å². The maximum absolute atomic E-state index is 12.0. The second-order valence-electron chi connectivity index (χ2n) is 6.88. The summed E-state index contributed by atoms with van der Waals surface area (Å²) in [5.74, 6) is 0.520. The predicted molar refractivity (Wildman–Crippen MR) is 113 cm³/mol. The molecule has 2 N–H and O–H groups in total. The molecule has 1 atom stereocenters. The monoisotopic (exact) mass is 424 g/mol. The zero-order chi connectivity index (χ0) is 19.9. The summed E-state index contributed by atoms with van der Waals surface area (Å²) in [5, 5.41) is 7.64. The number of carbonyl (C=O) groups excluding carboxylic acids is 1. The van der Waals surface area contributed by atoms with Crippen molar-refractivity contribution in [3.63, 3.8) is 0 Å². The average molecular weight is 425 g/mol. The summed E-state index contributed by atoms with van der Waals surface area (Å²) in [7, 11) is 0. The summed E-state index contributed by atoms with van der Waals surface area (Å²) in [4.78, 5) is 15.0. The van der Waals surface area contributed by atoms with E-state index in [4.69, 9.17) is 33.3 Å². The van der Waals surface area contributed by atoms with Crippen molar-refractivity contribution in [1.82, 2.24) is 15.6 Å². The first-order valence-electron chi connectivity index (χ1n) is 9.39. The Morgan fingerprint density at radius 2 is 2.25 bits per heavy atom. The summed E-state index contributed by atoms with van der Waals surface area (Å²) in [5.41, 5.74) is 4.68. The van der Waals surface area contributed by atoms with Gasteiger partial charge in [-0.2, -0.15) is 5.10 Å². The number of halogens is 1. The molecule has 0 aliphatic carbocycles. The smallest absolute Gasteiger partial charge is 0.257 e. The molecule has 0 saturated carbocycles. The van der Waals surface area contributed by atoms with Gasteiger partial charge in [0.25, 0.3) is 5.91 Å². The summed E-state index contributed by atoms with van der Waals surface area (Å²) in [6.45, 7) is 6.70. The standard InChI is InChI=1S/C19H25ClN4O3S/c1-13-10-18(28)22-23-19(13)14-2-3-16(15(20)11-14)27-12-17(25)21-4-5-24-6-8-26-9-7-24/h2-3,11,13H,4-10,12H2,1H3,(H,21,25)(H,22,28). The number of hydrazone groups is 1. The molecule has 1 aromatic rings. The largest absolute Gasteiger partial charge is 0.482 e. The fourth-order valence-electron chi connectivity index (χ4n) is 3.15. The molecule has 1 aromatic carbocycles. The number of hydrogen-bond donors (Lipinski definition) is 2. The number of amides is 1. The average Bonchev–Trinajstić information content (AvgIpc) is 2.68. The van der Waals surface area contributed by atoms with Gasteiger partial charge in [-0.05, 0) is 23.8 Å². The Balaban J connectivity index is 1.46. The lowest BCUT2D eigenvalue weighted by Crippen LogP contribution is -2.42. The third-order valence-electron chi connectivity index (χ3n) is 4.70. The van der Waals surface area contributed by atoms with E-state index in [1.54, 1.807) is 12.1 Å². The summed E-state index contributed by atoms with van der Waals surface area (Å²) in [6.07, 6.45) is 0.759. The molecule has 2 aliphatic heterocycles. The molecule has 152 valence electrons. The van der Waals surface area contributed by atoms with Crippen molar-refractivity contribution < 1.29 is 14.3 Å². The summed E-state index contributed by atoms with van der Waals surface area (Å²) < 4.78 is 10.9. The Morgan fingerprint density at radius 3 is 2.96 bits per heavy atom. The highest BCUT2D eigenvalue weighted by atomic mass is 35.5. The number of carbonyl (C=O) groups is 1. The minimum Gasteiger partial charge on any atom is -0.482 e. The first-order chi connectivity index (χ1) is 13.5. The third kappa shape index (κ3) is 5.88. The van der Waals surface area contributed by atoms with Crippen molar-refractivity contribution in [2.24, 2.45) is 11.0 Å². The molecule has 1 saturated heterocycles. The fourth-order valence-corrected chi connectivity index (χ4v) is 3.68. The van der Waals surface area contributed by atoms with Gasteiger partial charge in [-0.3, -0.25) is 15.1 Å². The van der Waals surface area contributed by atoms with Crippen LogP contribution >= 0.6 is 23.8 Å². The minimum atomic E-state index is -0.170. The van der Waals surface area contributed by atoms with Gasteiger partial charge in [-0.1, -0.05) is 30.7 Å². The molecule has 0 bridgehead atoms. The van der Waals surface area contributed by atoms with E-state index in [0.29, 0.717) is 17.3 Å². The lowest BCUT2D eigenvalue weighted by Gasteiger charge is -2.26. The normalized spacial score (nSPS) is 20.3. The van der Waals surface area contributed by atoms with Crippen LogP contribution in [0.4, 0.5) is 0 Å². The van der Waals surface area contributed by atoms with Crippen molar-refractivity contribution in [2.75, 3.05) is 46.0 Å². The Bertz CT molecular complexity index is 753. The number of morpholine rings is 1. The second-order valence-corrected chi connectivity index (χ2v) is 7.78. The van der Waals surface area contributed by atoms with Gasteiger partial charge >= 0.3 is 0 Å². The Morgan fingerprint density at radius 1 is 1.46 bits per heavy atom. The SMILES string of the molecule is CC1CC(=S)NN=C1c1ccc(OCC(=O)NCCN2CCOCC2)c(Cl)c1. The van der Waals surface area contributed by atoms with Gasteiger partial charge in [0.15, 0.2) is 6.61 Å². The van der Waals surface area contributed by atoms with Crippen LogP contribution in [0.5, 0.6) is 5.75 Å².